The Morgan fingerprint density at radius 1 is 0.298 bits per heavy atom. The Morgan fingerprint density at radius 2 is 0.623 bits per heavy atom. The first-order valence-corrected chi connectivity index (χ1v) is 47.1. The van der Waals surface area contributed by atoms with Crippen LogP contribution in [0.15, 0.2) is 206 Å². The van der Waals surface area contributed by atoms with Gasteiger partial charge in [0.2, 0.25) is 0 Å². The number of hydrogen-bond donors (Lipinski definition) is 2. The van der Waals surface area contributed by atoms with Gasteiger partial charge in [-0.25, -0.2) is 0 Å². The van der Waals surface area contributed by atoms with Crippen molar-refractivity contribution in [2.45, 2.75) is 181 Å². The van der Waals surface area contributed by atoms with Crippen LogP contribution < -0.4 is 10.6 Å². The third-order valence-corrected chi connectivity index (χ3v) is 35.1. The molecule has 2 N–H and O–H groups in total. The van der Waals surface area contributed by atoms with E-state index in [-0.39, 0.29) is 59.0 Å². The number of rotatable bonds is 4. The predicted molar refractivity (Wildman–Crippen MR) is 463 cm³/mol. The van der Waals surface area contributed by atoms with Gasteiger partial charge in [-0.3, -0.25) is 19.2 Å². The maximum atomic E-state index is 11.5. The summed E-state index contributed by atoms with van der Waals surface area (Å²) in [6.07, 6.45) is 93.8. The number of fused-ring (bicyclic) bond motifs is 38. The zero-order valence-corrected chi connectivity index (χ0v) is 70.1. The molecule has 0 radical (unpaired) electrons. The van der Waals surface area contributed by atoms with Gasteiger partial charge < -0.3 is 15.4 Å². The Bertz CT molecular complexity index is 3860. The Labute approximate surface area is 686 Å². The van der Waals surface area contributed by atoms with E-state index in [2.05, 4.69) is 222 Å². The molecule has 0 aromatic heterocycles. The second kappa shape index (κ2) is 34.2. The fourth-order valence-electron chi connectivity index (χ4n) is 28.7. The van der Waals surface area contributed by atoms with Crippen LogP contribution in [0.25, 0.3) is 0 Å². The van der Waals surface area contributed by atoms with Crippen LogP contribution in [0.2, 0.25) is 0 Å². The van der Waals surface area contributed by atoms with Crippen molar-refractivity contribution in [2.24, 2.45) is 207 Å². The van der Waals surface area contributed by atoms with Gasteiger partial charge in [0, 0.05) is 34.8 Å². The van der Waals surface area contributed by atoms with Gasteiger partial charge in [0.25, 0.3) is 0 Å². The average molecular weight is 1530 g/mol. The summed E-state index contributed by atoms with van der Waals surface area (Å²) in [6, 6.07) is 8.83. The number of carbonyl (C=O) groups excluding carboxylic acids is 4. The lowest BCUT2D eigenvalue weighted by Gasteiger charge is -2.37. The van der Waals surface area contributed by atoms with E-state index >= 15 is 0 Å². The molecule has 27 aliphatic rings. The Balaban J connectivity index is 0.0000000882. The lowest BCUT2D eigenvalue weighted by Crippen LogP contribution is -2.34. The number of carbonyl (C=O) groups is 4. The van der Waals surface area contributed by atoms with Gasteiger partial charge in [-0.1, -0.05) is 217 Å². The van der Waals surface area contributed by atoms with Crippen molar-refractivity contribution >= 4 is 23.5 Å². The third kappa shape index (κ3) is 16.2. The first kappa shape index (κ1) is 78.9. The molecule has 1 heterocycles. The molecule has 7 nitrogen and oxygen atoms in total. The summed E-state index contributed by atoms with van der Waals surface area (Å²) >= 11 is 0. The molecule has 26 aliphatic carbocycles. The van der Waals surface area contributed by atoms with Crippen LogP contribution >= 0.6 is 0 Å². The highest BCUT2D eigenvalue weighted by Crippen LogP contribution is 2.60. The van der Waals surface area contributed by atoms with Gasteiger partial charge in [-0.15, -0.1) is 0 Å². The highest BCUT2D eigenvalue weighted by atomic mass is 16.6. The van der Waals surface area contributed by atoms with E-state index in [1.54, 1.807) is 36.8 Å². The van der Waals surface area contributed by atoms with Crippen molar-refractivity contribution in [3.8, 4) is 0 Å². The molecule has 28 rings (SSSR count). The van der Waals surface area contributed by atoms with Crippen LogP contribution in [0.1, 0.15) is 192 Å². The number of cyclic esters (lactones) is 2. The van der Waals surface area contributed by atoms with Crippen LogP contribution in [0.4, 0.5) is 0 Å². The zero-order valence-electron chi connectivity index (χ0n) is 70.1. The lowest BCUT2D eigenvalue weighted by atomic mass is 9.68. The van der Waals surface area contributed by atoms with E-state index in [1.165, 1.54) is 122 Å². The average Bonchev–Trinajstić information content (AvgIpc) is 1.60. The van der Waals surface area contributed by atoms with Crippen LogP contribution in [0, 0.1) is 207 Å². The van der Waals surface area contributed by atoms with Gasteiger partial charge in [0.1, 0.15) is 0 Å². The highest BCUT2D eigenvalue weighted by Gasteiger charge is 2.58. The van der Waals surface area contributed by atoms with E-state index in [4.69, 9.17) is 0 Å². The molecular weight excluding hydrogens is 1390 g/mol. The molecule has 114 heavy (non-hydrogen) atoms. The molecule has 35 atom stereocenters. The fourth-order valence-corrected chi connectivity index (χ4v) is 28.7. The second-order valence-corrected chi connectivity index (χ2v) is 41.5. The maximum absolute atomic E-state index is 11.5. The largest absolute Gasteiger partial charge is 0.393 e. The van der Waals surface area contributed by atoms with Crippen molar-refractivity contribution in [3.63, 3.8) is 0 Å². The van der Waals surface area contributed by atoms with Crippen LogP contribution in [0.5, 0.6) is 0 Å². The van der Waals surface area contributed by atoms with Crippen molar-refractivity contribution in [2.75, 3.05) is 27.2 Å². The van der Waals surface area contributed by atoms with Gasteiger partial charge >= 0.3 is 11.9 Å². The summed E-state index contributed by atoms with van der Waals surface area (Å²) in [7, 11) is 4.12. The monoisotopic (exact) mass is 1530 g/mol. The number of nitrogens with one attached hydrogen (secondary N) is 2. The second-order valence-electron chi connectivity index (χ2n) is 41.5. The number of ketones is 2. The van der Waals surface area contributed by atoms with E-state index in [0.29, 0.717) is 0 Å². The summed E-state index contributed by atoms with van der Waals surface area (Å²) in [6.45, 7) is 14.2. The number of benzene rings is 1. The number of hydrogen-bond acceptors (Lipinski definition) is 7. The van der Waals surface area contributed by atoms with Crippen molar-refractivity contribution < 1.29 is 23.9 Å². The van der Waals surface area contributed by atoms with E-state index in [1.807, 2.05) is 24.3 Å². The quantitative estimate of drug-likeness (QED) is 0.134. The Hall–Kier alpha value is -6.28. The minimum Gasteiger partial charge on any atom is -0.393 e. The summed E-state index contributed by atoms with van der Waals surface area (Å²) in [5, 5.41) is 6.64. The molecule has 0 amide bonds. The minimum absolute atomic E-state index is 0.0338. The Morgan fingerprint density at radius 3 is 0.921 bits per heavy atom. The van der Waals surface area contributed by atoms with Crippen molar-refractivity contribution in [1.29, 1.82) is 0 Å². The molecule has 1 aliphatic heterocycles. The number of esters is 2. The maximum Gasteiger partial charge on any atom is 0.318 e. The van der Waals surface area contributed by atoms with Crippen LogP contribution in [-0.2, 0) is 23.9 Å². The first-order chi connectivity index (χ1) is 55.5. The standard InChI is InChI=1S/C18H24.C11H20N2.C11H8O2.C11H10.C9H8O3.C9H14.3C8H12.C7H10.C7H8/c1-2-12-9-11(1)15-5-6-17-13-3-4-14(10-13)18(17)8-7-16(12)15;1-12-6-10-8-3-4-9(5-8)11(10)7-13-2;12-8-3-4-9(13)11-7-2-1-6(5-7)10(8)11;1-2-4-11-9-6-5-8(7-9)10(11)3-1;10-8-6-4-1-2-5(3-4)7(6)9(11)12-8;1-6-7(2)9-4-3-8(6)5-9;3*1-6-4-7-2-3-8(6)5-7;2*1-2-7-4-3-6(1)5-7/h1-4,11-18H,5-10H2;3-4,8-13H,5-7H2,1-2H3;1-4,6-7H,5H2;1-6,8-9H,7H2;1-2,4-7H,3H2;3-4,6-9H,5H2,1-2H3;3*2-3,6-8H,4-5H2,1H3;1-2,6-7H,3-5H2;1-4,6-7H,5H2. The SMILES string of the molecule is C1=CC2C=CC1C2.C1=CC2CC1C1CCC3C4C=CC(C4)C3CCC21.C1=CC2CC1c1ccccc12.C1=CC2CCC1C2.CC1C2C=CC(C2)C1C.CC1CC2C=CC1C2.CC1CC2C=CC1C2.CC1CC2C=CC1C2.CNCC1C2C=CC(C2)C1CNC.O=C1C=CC(=O)C2=C1C1C=CC2C1.O=C1OC(=O)C2C3C=CC(C3)C12. The smallest absolute Gasteiger partial charge is 0.318 e. The molecule has 1 aromatic rings. The molecule has 7 heteroatoms. The fraction of sp³-hybridized carbons (Fsp3) is 0.626. The van der Waals surface area contributed by atoms with Gasteiger partial charge in [-0.2, -0.15) is 0 Å². The molecule has 24 bridgehead atoms. The van der Waals surface area contributed by atoms with Crippen molar-refractivity contribution in [3.05, 3.63) is 217 Å². The zero-order chi connectivity index (χ0) is 78.0. The highest BCUT2D eigenvalue weighted by molar-refractivity contribution is 6.21. The Kier molecular flexibility index (Phi) is 23.7. The normalized spacial score (nSPS) is 46.7. The molecule has 606 valence electrons. The molecule has 1 aromatic carbocycles. The number of allylic oxidation sites excluding steroid dienone is 30. The molecule has 35 unspecified atom stereocenters. The minimum atomic E-state index is -0.304. The van der Waals surface area contributed by atoms with Gasteiger partial charge in [0.05, 0.1) is 11.8 Å². The first-order valence-electron chi connectivity index (χ1n) is 47.1. The molecule has 0 spiro atoms. The van der Waals surface area contributed by atoms with Crippen LogP contribution in [0.3, 0.4) is 0 Å². The lowest BCUT2D eigenvalue weighted by molar-refractivity contribution is -0.154. The van der Waals surface area contributed by atoms with Gasteiger partial charge in [0.15, 0.2) is 11.6 Å². The molecule has 10 saturated carbocycles. The summed E-state index contributed by atoms with van der Waals surface area (Å²) in [5.74, 6) is 29.5. The van der Waals surface area contributed by atoms with Crippen molar-refractivity contribution in [1.82, 2.24) is 10.6 Å². The molecular formula is C107H138N2O5. The van der Waals surface area contributed by atoms with E-state index < -0.39 is 0 Å². The molecule has 1 saturated heterocycles. The predicted octanol–water partition coefficient (Wildman–Crippen LogP) is 22.7. The van der Waals surface area contributed by atoms with Crippen LogP contribution in [-0.4, -0.2) is 50.7 Å². The van der Waals surface area contributed by atoms with E-state index in [0.717, 1.165) is 207 Å². The summed E-state index contributed by atoms with van der Waals surface area (Å²) in [5.41, 5.74) is 4.67. The number of ether oxygens (including phenoxy) is 1. The summed E-state index contributed by atoms with van der Waals surface area (Å²) < 4.78 is 4.59. The third-order valence-electron chi connectivity index (χ3n) is 35.1. The molecule has 11 fully saturated rings. The van der Waals surface area contributed by atoms with Gasteiger partial charge in [-0.05, 0) is 369 Å². The summed E-state index contributed by atoms with van der Waals surface area (Å²) in [4.78, 5) is 45.3. The topological polar surface area (TPSA) is 102 Å². The van der Waals surface area contributed by atoms with E-state index in [9.17, 15) is 19.2 Å².